The summed E-state index contributed by atoms with van der Waals surface area (Å²) in [5.74, 6) is 0.778. The molecule has 0 amide bonds. The third kappa shape index (κ3) is 3.96. The van der Waals surface area contributed by atoms with Gasteiger partial charge < -0.3 is 0 Å². The lowest BCUT2D eigenvalue weighted by Gasteiger charge is -2.15. The predicted octanol–water partition coefficient (Wildman–Crippen LogP) is 6.52. The molecule has 20 heavy (non-hydrogen) atoms. The molecule has 0 aromatic heterocycles. The third-order valence-electron chi connectivity index (χ3n) is 4.21. The summed E-state index contributed by atoms with van der Waals surface area (Å²) in [5.41, 5.74) is 4.03. The first-order chi connectivity index (χ1) is 9.85. The Morgan fingerprint density at radius 2 is 1.75 bits per heavy atom. The highest BCUT2D eigenvalue weighted by molar-refractivity contribution is 5.75. The second-order valence-corrected chi connectivity index (χ2v) is 5.67. The van der Waals surface area contributed by atoms with Crippen LogP contribution in [0.1, 0.15) is 63.9 Å². The molecule has 1 aromatic rings. The lowest BCUT2D eigenvalue weighted by Crippen LogP contribution is -1.97. The van der Waals surface area contributed by atoms with Gasteiger partial charge in [0.1, 0.15) is 0 Å². The summed E-state index contributed by atoms with van der Waals surface area (Å²) in [4.78, 5) is 0. The van der Waals surface area contributed by atoms with Crippen LogP contribution in [0.15, 0.2) is 55.1 Å². The van der Waals surface area contributed by atoms with Gasteiger partial charge in [0, 0.05) is 1.43 Å². The van der Waals surface area contributed by atoms with Crippen molar-refractivity contribution in [3.8, 4) is 0 Å². The Bertz CT molecular complexity index is 471. The topological polar surface area (TPSA) is 0 Å². The van der Waals surface area contributed by atoms with Crippen LogP contribution in [0.5, 0.6) is 0 Å². The van der Waals surface area contributed by atoms with Crippen molar-refractivity contribution in [2.24, 2.45) is 0 Å². The van der Waals surface area contributed by atoms with Gasteiger partial charge in [0.2, 0.25) is 0 Å². The van der Waals surface area contributed by atoms with Gasteiger partial charge in [-0.05, 0) is 42.4 Å². The molecule has 0 bridgehead atoms. The summed E-state index contributed by atoms with van der Waals surface area (Å²) in [5, 5.41) is 0. The van der Waals surface area contributed by atoms with E-state index in [1.54, 1.807) is 0 Å². The Labute approximate surface area is 125 Å². The van der Waals surface area contributed by atoms with Crippen LogP contribution in [0, 0.1) is 0 Å². The summed E-state index contributed by atoms with van der Waals surface area (Å²) < 4.78 is 0. The standard InChI is InChI=1S/C20H26.H2/c1-3-9-17(10-4-2)19-13-15-20(16-14-19)18-11-7-5-6-8-12-18;/h3-4,9-10,13-16,18H,1,5-8,11-12H2,2H3;1H/b10-4-,17-9+;. The Hall–Kier alpha value is -1.56. The minimum Gasteiger partial charge on any atom is -0.0990 e. The van der Waals surface area contributed by atoms with Crippen LogP contribution in [0.3, 0.4) is 0 Å². The van der Waals surface area contributed by atoms with Gasteiger partial charge in [-0.15, -0.1) is 0 Å². The minimum absolute atomic E-state index is 0. The van der Waals surface area contributed by atoms with E-state index in [0.29, 0.717) is 0 Å². The predicted molar refractivity (Wildman–Crippen MR) is 92.0 cm³/mol. The van der Waals surface area contributed by atoms with Crippen LogP contribution in [0.25, 0.3) is 5.57 Å². The van der Waals surface area contributed by atoms with Crippen LogP contribution in [0.2, 0.25) is 0 Å². The second kappa shape index (κ2) is 7.89. The zero-order valence-corrected chi connectivity index (χ0v) is 12.6. The van der Waals surface area contributed by atoms with E-state index in [0.717, 1.165) is 5.92 Å². The number of hydrogen-bond donors (Lipinski definition) is 0. The van der Waals surface area contributed by atoms with E-state index >= 15 is 0 Å². The van der Waals surface area contributed by atoms with Gasteiger partial charge in [0.15, 0.2) is 0 Å². The lowest BCUT2D eigenvalue weighted by atomic mass is 9.90. The molecule has 2 rings (SSSR count). The number of benzene rings is 1. The quantitative estimate of drug-likeness (QED) is 0.431. The molecule has 0 atom stereocenters. The Balaban J connectivity index is 0.00000220. The van der Waals surface area contributed by atoms with Crippen LogP contribution in [-0.4, -0.2) is 0 Å². The number of rotatable bonds is 4. The molecule has 0 radical (unpaired) electrons. The Kier molecular flexibility index (Phi) is 5.86. The zero-order valence-electron chi connectivity index (χ0n) is 12.6. The van der Waals surface area contributed by atoms with Gasteiger partial charge in [-0.25, -0.2) is 0 Å². The molecule has 1 aromatic carbocycles. The van der Waals surface area contributed by atoms with Crippen molar-refractivity contribution in [3.63, 3.8) is 0 Å². The van der Waals surface area contributed by atoms with Gasteiger partial charge in [-0.2, -0.15) is 0 Å². The molecule has 0 spiro atoms. The largest absolute Gasteiger partial charge is 0.0990 e. The first-order valence-corrected chi connectivity index (χ1v) is 7.91. The van der Waals surface area contributed by atoms with Crippen molar-refractivity contribution in [1.82, 2.24) is 0 Å². The smallest absolute Gasteiger partial charge is 0 e. The number of allylic oxidation sites excluding steroid dienone is 5. The molecule has 0 unspecified atom stereocenters. The monoisotopic (exact) mass is 268 g/mol. The average Bonchev–Trinajstić information content (AvgIpc) is 2.76. The minimum atomic E-state index is 0. The molecule has 0 nitrogen and oxygen atoms in total. The maximum absolute atomic E-state index is 3.80. The van der Waals surface area contributed by atoms with Crippen LogP contribution in [0.4, 0.5) is 0 Å². The van der Waals surface area contributed by atoms with E-state index in [4.69, 9.17) is 0 Å². The van der Waals surface area contributed by atoms with Gasteiger partial charge in [0.25, 0.3) is 0 Å². The summed E-state index contributed by atoms with van der Waals surface area (Å²) in [6.07, 6.45) is 16.5. The second-order valence-electron chi connectivity index (χ2n) is 5.67. The molecular formula is C20H28. The third-order valence-corrected chi connectivity index (χ3v) is 4.21. The highest BCUT2D eigenvalue weighted by Gasteiger charge is 2.14. The molecule has 0 heteroatoms. The summed E-state index contributed by atoms with van der Waals surface area (Å²) in [6.45, 7) is 5.85. The number of hydrogen-bond acceptors (Lipinski definition) is 0. The van der Waals surface area contributed by atoms with E-state index in [1.807, 2.05) is 6.08 Å². The van der Waals surface area contributed by atoms with Gasteiger partial charge >= 0.3 is 0 Å². The molecule has 1 aliphatic carbocycles. The van der Waals surface area contributed by atoms with Crippen molar-refractivity contribution in [3.05, 3.63) is 66.3 Å². The molecule has 1 fully saturated rings. The average molecular weight is 268 g/mol. The van der Waals surface area contributed by atoms with E-state index in [1.165, 1.54) is 55.2 Å². The lowest BCUT2D eigenvalue weighted by molar-refractivity contribution is 0.592. The SMILES string of the molecule is C=C/C=C(\C=C/C)c1ccc(C2CCCCCC2)cc1.[HH]. The molecular weight excluding hydrogens is 240 g/mol. The van der Waals surface area contributed by atoms with Crippen molar-refractivity contribution in [1.29, 1.82) is 0 Å². The van der Waals surface area contributed by atoms with Gasteiger partial charge in [-0.1, -0.05) is 80.8 Å². The zero-order chi connectivity index (χ0) is 14.2. The summed E-state index contributed by atoms with van der Waals surface area (Å²) in [7, 11) is 0. The van der Waals surface area contributed by atoms with Crippen molar-refractivity contribution >= 4 is 5.57 Å². The molecule has 108 valence electrons. The maximum Gasteiger partial charge on any atom is 0 e. The van der Waals surface area contributed by atoms with Crippen LogP contribution < -0.4 is 0 Å². The van der Waals surface area contributed by atoms with Crippen LogP contribution >= 0.6 is 0 Å². The highest BCUT2D eigenvalue weighted by atomic mass is 14.2. The molecule has 0 N–H and O–H groups in total. The first kappa shape index (κ1) is 14.8. The fourth-order valence-electron chi connectivity index (χ4n) is 3.11. The molecule has 1 saturated carbocycles. The molecule has 1 aliphatic rings. The highest BCUT2D eigenvalue weighted by Crippen LogP contribution is 2.32. The normalized spacial score (nSPS) is 18.1. The van der Waals surface area contributed by atoms with E-state index in [9.17, 15) is 0 Å². The Morgan fingerprint density at radius 1 is 1.10 bits per heavy atom. The molecule has 0 heterocycles. The fraction of sp³-hybridized carbons (Fsp3) is 0.400. The molecule has 0 aliphatic heterocycles. The maximum atomic E-state index is 3.80. The fourth-order valence-corrected chi connectivity index (χ4v) is 3.11. The molecule has 0 saturated heterocycles. The van der Waals surface area contributed by atoms with E-state index < -0.39 is 0 Å². The van der Waals surface area contributed by atoms with Gasteiger partial charge in [0.05, 0.1) is 0 Å². The van der Waals surface area contributed by atoms with Crippen molar-refractivity contribution < 1.29 is 1.43 Å². The van der Waals surface area contributed by atoms with Crippen molar-refractivity contribution in [2.45, 2.75) is 51.4 Å². The van der Waals surface area contributed by atoms with Crippen molar-refractivity contribution in [2.75, 3.05) is 0 Å². The summed E-state index contributed by atoms with van der Waals surface area (Å²) >= 11 is 0. The Morgan fingerprint density at radius 3 is 2.30 bits per heavy atom. The van der Waals surface area contributed by atoms with Crippen LogP contribution in [-0.2, 0) is 0 Å². The van der Waals surface area contributed by atoms with E-state index in [2.05, 4.69) is 56.0 Å². The summed E-state index contributed by atoms with van der Waals surface area (Å²) in [6, 6.07) is 9.17. The van der Waals surface area contributed by atoms with Gasteiger partial charge in [-0.3, -0.25) is 0 Å². The first-order valence-electron chi connectivity index (χ1n) is 7.91. The van der Waals surface area contributed by atoms with E-state index in [-0.39, 0.29) is 1.43 Å².